The Hall–Kier alpha value is -2.00. The molecule has 0 aliphatic carbocycles. The van der Waals surface area contributed by atoms with Gasteiger partial charge in [0.25, 0.3) is 0 Å². The number of hydrogen-bond donors (Lipinski definition) is 1. The van der Waals surface area contributed by atoms with Gasteiger partial charge in [-0.15, -0.1) is 0 Å². The normalized spacial score (nSPS) is 17.7. The topological polar surface area (TPSA) is 105 Å². The predicted molar refractivity (Wildman–Crippen MR) is 82.4 cm³/mol. The van der Waals surface area contributed by atoms with Gasteiger partial charge in [0, 0.05) is 31.7 Å². The number of aryl methyl sites for hydroxylation is 2. The van der Waals surface area contributed by atoms with E-state index in [-0.39, 0.29) is 18.0 Å². The van der Waals surface area contributed by atoms with Gasteiger partial charge in [0.15, 0.2) is 5.65 Å². The van der Waals surface area contributed by atoms with Gasteiger partial charge in [-0.1, -0.05) is 0 Å². The highest BCUT2D eigenvalue weighted by Gasteiger charge is 2.32. The largest absolute Gasteiger partial charge is 0.481 e. The van der Waals surface area contributed by atoms with Gasteiger partial charge in [-0.25, -0.2) is 13.4 Å². The molecule has 0 saturated carbocycles. The van der Waals surface area contributed by atoms with Crippen LogP contribution in [0.1, 0.15) is 18.5 Å². The van der Waals surface area contributed by atoms with Crippen LogP contribution in [0.15, 0.2) is 17.2 Å². The summed E-state index contributed by atoms with van der Waals surface area (Å²) in [4.78, 5) is 15.3. The molecule has 124 valence electrons. The van der Waals surface area contributed by atoms with Gasteiger partial charge in [0.2, 0.25) is 10.0 Å². The van der Waals surface area contributed by atoms with Crippen LogP contribution >= 0.6 is 0 Å². The minimum atomic E-state index is -3.67. The highest BCUT2D eigenvalue weighted by atomic mass is 32.2. The fourth-order valence-corrected chi connectivity index (χ4v) is 4.36. The monoisotopic (exact) mass is 338 g/mol. The summed E-state index contributed by atoms with van der Waals surface area (Å²) < 4.78 is 28.4. The molecule has 3 rings (SSSR count). The summed E-state index contributed by atoms with van der Waals surface area (Å²) in [6, 6.07) is 1.59. The Kier molecular flexibility index (Phi) is 3.85. The number of hydrogen-bond acceptors (Lipinski definition) is 5. The van der Waals surface area contributed by atoms with Gasteiger partial charge in [-0.3, -0.25) is 9.48 Å². The van der Waals surface area contributed by atoms with E-state index in [9.17, 15) is 13.2 Å². The molecule has 9 heteroatoms. The van der Waals surface area contributed by atoms with Crippen molar-refractivity contribution in [3.63, 3.8) is 0 Å². The van der Waals surface area contributed by atoms with Crippen LogP contribution in [0.5, 0.6) is 0 Å². The fraction of sp³-hybridized carbons (Fsp3) is 0.500. The van der Waals surface area contributed by atoms with Gasteiger partial charge in [-0.05, 0) is 25.8 Å². The first-order chi connectivity index (χ1) is 10.8. The average Bonchev–Trinajstić information content (AvgIpc) is 2.81. The van der Waals surface area contributed by atoms with E-state index >= 15 is 0 Å². The first-order valence-corrected chi connectivity index (χ1v) is 8.77. The molecule has 0 unspecified atom stereocenters. The number of aromatic nitrogens is 3. The molecule has 2 aromatic heterocycles. The van der Waals surface area contributed by atoms with Crippen molar-refractivity contribution in [2.24, 2.45) is 13.0 Å². The standard InChI is InChI=1S/C14H18N4O4S/c1-9-12-7-11(8-15-13(12)17(2)16-9)23(21,22)18-5-3-10(4-6-18)14(19)20/h7-8,10H,3-6H2,1-2H3,(H,19,20). The molecule has 23 heavy (non-hydrogen) atoms. The minimum absolute atomic E-state index is 0.120. The van der Waals surface area contributed by atoms with Gasteiger partial charge < -0.3 is 5.11 Å². The van der Waals surface area contributed by atoms with Crippen LogP contribution < -0.4 is 0 Å². The van der Waals surface area contributed by atoms with E-state index in [0.717, 1.165) is 5.69 Å². The molecule has 1 fully saturated rings. The van der Waals surface area contributed by atoms with E-state index in [0.29, 0.717) is 23.9 Å². The molecule has 1 N–H and O–H groups in total. The summed E-state index contributed by atoms with van der Waals surface area (Å²) in [5, 5.41) is 13.9. The molecule has 8 nitrogen and oxygen atoms in total. The number of sulfonamides is 1. The Labute approximate surface area is 133 Å². The lowest BCUT2D eigenvalue weighted by atomic mass is 9.99. The summed E-state index contributed by atoms with van der Waals surface area (Å²) in [6.45, 7) is 2.23. The van der Waals surface area contributed by atoms with E-state index in [2.05, 4.69) is 10.1 Å². The first-order valence-electron chi connectivity index (χ1n) is 7.33. The molecule has 1 saturated heterocycles. The Morgan fingerprint density at radius 3 is 2.61 bits per heavy atom. The molecular formula is C14H18N4O4S. The predicted octanol–water partition coefficient (Wildman–Crippen LogP) is 0.762. The molecule has 0 radical (unpaired) electrons. The number of rotatable bonds is 3. The highest BCUT2D eigenvalue weighted by Crippen LogP contribution is 2.26. The van der Waals surface area contributed by atoms with Crippen molar-refractivity contribution in [3.8, 4) is 0 Å². The van der Waals surface area contributed by atoms with Crippen LogP contribution in [-0.2, 0) is 21.9 Å². The number of piperidine rings is 1. The fourth-order valence-electron chi connectivity index (χ4n) is 2.92. The molecule has 0 amide bonds. The van der Waals surface area contributed by atoms with Gasteiger partial charge >= 0.3 is 5.97 Å². The number of carboxylic acids is 1. The lowest BCUT2D eigenvalue weighted by molar-refractivity contribution is -0.142. The van der Waals surface area contributed by atoms with Crippen molar-refractivity contribution in [2.45, 2.75) is 24.7 Å². The SMILES string of the molecule is Cc1nn(C)c2ncc(S(=O)(=O)N3CCC(C(=O)O)CC3)cc12. The Morgan fingerprint density at radius 1 is 1.35 bits per heavy atom. The van der Waals surface area contributed by atoms with Crippen LogP contribution in [0, 0.1) is 12.8 Å². The Balaban J connectivity index is 1.91. The summed E-state index contributed by atoms with van der Waals surface area (Å²) >= 11 is 0. The summed E-state index contributed by atoms with van der Waals surface area (Å²) in [5.41, 5.74) is 1.35. The second-order valence-electron chi connectivity index (χ2n) is 5.77. The second kappa shape index (κ2) is 5.57. The van der Waals surface area contributed by atoms with E-state index in [1.807, 2.05) is 0 Å². The van der Waals surface area contributed by atoms with Crippen LogP contribution in [0.3, 0.4) is 0 Å². The third-order valence-corrected chi connectivity index (χ3v) is 6.14. The molecule has 0 atom stereocenters. The Bertz CT molecular complexity index is 866. The number of aliphatic carboxylic acids is 1. The maximum atomic E-state index is 12.7. The van der Waals surface area contributed by atoms with E-state index < -0.39 is 21.9 Å². The minimum Gasteiger partial charge on any atom is -0.481 e. The third kappa shape index (κ3) is 2.70. The number of fused-ring (bicyclic) bond motifs is 1. The Morgan fingerprint density at radius 2 is 2.00 bits per heavy atom. The van der Waals surface area contributed by atoms with Crippen LogP contribution in [0.4, 0.5) is 0 Å². The molecule has 0 aromatic carbocycles. The number of carboxylic acid groups (broad SMARTS) is 1. The summed E-state index contributed by atoms with van der Waals surface area (Å²) in [7, 11) is -1.91. The first kappa shape index (κ1) is 15.9. The molecule has 1 aliphatic rings. The molecule has 1 aliphatic heterocycles. The van der Waals surface area contributed by atoms with Crippen LogP contribution in [0.2, 0.25) is 0 Å². The van der Waals surface area contributed by atoms with Gasteiger partial charge in [-0.2, -0.15) is 9.40 Å². The summed E-state index contributed by atoms with van der Waals surface area (Å²) in [5.74, 6) is -1.33. The average molecular weight is 338 g/mol. The zero-order chi connectivity index (χ0) is 16.8. The summed E-state index contributed by atoms with van der Waals surface area (Å²) in [6.07, 6.45) is 1.99. The van der Waals surface area contributed by atoms with Crippen molar-refractivity contribution in [2.75, 3.05) is 13.1 Å². The molecular weight excluding hydrogens is 320 g/mol. The lowest BCUT2D eigenvalue weighted by Gasteiger charge is -2.29. The highest BCUT2D eigenvalue weighted by molar-refractivity contribution is 7.89. The number of pyridine rings is 1. The quantitative estimate of drug-likeness (QED) is 0.886. The molecule has 0 bridgehead atoms. The van der Waals surface area contributed by atoms with Gasteiger partial charge in [0.05, 0.1) is 11.6 Å². The van der Waals surface area contributed by atoms with Gasteiger partial charge in [0.1, 0.15) is 4.90 Å². The van der Waals surface area contributed by atoms with Crippen molar-refractivity contribution < 1.29 is 18.3 Å². The third-order valence-electron chi connectivity index (χ3n) is 4.28. The number of nitrogens with zero attached hydrogens (tertiary/aromatic N) is 4. The number of carbonyl (C=O) groups is 1. The van der Waals surface area contributed by atoms with Crippen LogP contribution in [-0.4, -0.2) is 51.7 Å². The maximum absolute atomic E-state index is 12.7. The van der Waals surface area contributed by atoms with Crippen LogP contribution in [0.25, 0.3) is 11.0 Å². The zero-order valence-electron chi connectivity index (χ0n) is 12.9. The van der Waals surface area contributed by atoms with Crippen molar-refractivity contribution in [1.82, 2.24) is 19.1 Å². The van der Waals surface area contributed by atoms with Crippen molar-refractivity contribution in [3.05, 3.63) is 18.0 Å². The zero-order valence-corrected chi connectivity index (χ0v) is 13.7. The van der Waals surface area contributed by atoms with Crippen molar-refractivity contribution in [1.29, 1.82) is 0 Å². The smallest absolute Gasteiger partial charge is 0.306 e. The lowest BCUT2D eigenvalue weighted by Crippen LogP contribution is -2.40. The van der Waals surface area contributed by atoms with E-state index in [1.54, 1.807) is 24.7 Å². The molecule has 3 heterocycles. The second-order valence-corrected chi connectivity index (χ2v) is 7.71. The van der Waals surface area contributed by atoms with E-state index in [4.69, 9.17) is 5.11 Å². The van der Waals surface area contributed by atoms with E-state index in [1.165, 1.54) is 10.5 Å². The van der Waals surface area contributed by atoms with Crippen molar-refractivity contribution >= 4 is 27.0 Å². The maximum Gasteiger partial charge on any atom is 0.306 e. The molecule has 2 aromatic rings. The molecule has 0 spiro atoms.